The number of hydrogen-bond donors (Lipinski definition) is 1. The van der Waals surface area contributed by atoms with Crippen molar-refractivity contribution in [2.75, 3.05) is 0 Å². The highest BCUT2D eigenvalue weighted by molar-refractivity contribution is 9.10. The zero-order chi connectivity index (χ0) is 13.8. The molecule has 2 aromatic carbocycles. The molecule has 1 unspecified atom stereocenters. The molecule has 0 aliphatic rings. The average molecular weight is 322 g/mol. The molecule has 0 radical (unpaired) electrons. The third-order valence-electron chi connectivity index (χ3n) is 3.21. The molecule has 1 N–H and O–H groups in total. The van der Waals surface area contributed by atoms with E-state index in [1.54, 1.807) is 6.92 Å². The van der Waals surface area contributed by atoms with Gasteiger partial charge in [0.05, 0.1) is 0 Å². The van der Waals surface area contributed by atoms with E-state index >= 15 is 0 Å². The van der Waals surface area contributed by atoms with Crippen LogP contribution < -0.4 is 5.32 Å². The lowest BCUT2D eigenvalue weighted by molar-refractivity contribution is 0.570. The molecule has 0 aliphatic carbocycles. The summed E-state index contributed by atoms with van der Waals surface area (Å²) in [6.07, 6.45) is 0. The highest BCUT2D eigenvalue weighted by Gasteiger charge is 2.08. The molecular weight excluding hydrogens is 305 g/mol. The van der Waals surface area contributed by atoms with Gasteiger partial charge in [0.25, 0.3) is 0 Å². The lowest BCUT2D eigenvalue weighted by Gasteiger charge is -2.16. The van der Waals surface area contributed by atoms with E-state index < -0.39 is 0 Å². The Morgan fingerprint density at radius 2 is 1.95 bits per heavy atom. The summed E-state index contributed by atoms with van der Waals surface area (Å²) in [6.45, 7) is 4.64. The predicted octanol–water partition coefficient (Wildman–Crippen LogP) is 4.75. The van der Waals surface area contributed by atoms with Gasteiger partial charge in [-0.2, -0.15) is 0 Å². The van der Waals surface area contributed by atoms with Crippen LogP contribution in [0.2, 0.25) is 0 Å². The van der Waals surface area contributed by atoms with Crippen molar-refractivity contribution in [2.45, 2.75) is 26.4 Å². The van der Waals surface area contributed by atoms with Crippen molar-refractivity contribution in [2.24, 2.45) is 0 Å². The van der Waals surface area contributed by atoms with Crippen LogP contribution in [0.1, 0.15) is 29.7 Å². The Labute approximate surface area is 122 Å². The molecule has 2 rings (SSSR count). The number of hydrogen-bond acceptors (Lipinski definition) is 1. The molecule has 0 bridgehead atoms. The van der Waals surface area contributed by atoms with Crippen molar-refractivity contribution in [3.8, 4) is 0 Å². The molecule has 0 amide bonds. The van der Waals surface area contributed by atoms with Crippen molar-refractivity contribution in [3.05, 3.63) is 69.4 Å². The Balaban J connectivity index is 2.02. The van der Waals surface area contributed by atoms with Gasteiger partial charge < -0.3 is 5.32 Å². The predicted molar refractivity (Wildman–Crippen MR) is 80.5 cm³/mol. The van der Waals surface area contributed by atoms with Gasteiger partial charge in [0.1, 0.15) is 5.82 Å². The van der Waals surface area contributed by atoms with Crippen LogP contribution in [0.5, 0.6) is 0 Å². The smallest absolute Gasteiger partial charge is 0.126 e. The van der Waals surface area contributed by atoms with E-state index in [0.717, 1.165) is 16.6 Å². The molecule has 0 aliphatic heterocycles. The monoisotopic (exact) mass is 321 g/mol. The van der Waals surface area contributed by atoms with E-state index in [4.69, 9.17) is 0 Å². The highest BCUT2D eigenvalue weighted by Crippen LogP contribution is 2.23. The van der Waals surface area contributed by atoms with Crippen LogP contribution in [0.15, 0.2) is 46.9 Å². The molecule has 0 aromatic heterocycles. The van der Waals surface area contributed by atoms with Gasteiger partial charge in [0.15, 0.2) is 0 Å². The molecule has 0 fully saturated rings. The number of rotatable bonds is 4. The van der Waals surface area contributed by atoms with Crippen molar-refractivity contribution < 1.29 is 4.39 Å². The standard InChI is InChI=1S/C16H17BrFN/c1-11-9-13(7-8-16(11)18)10-19-12(2)14-5-3-4-6-15(14)17/h3-9,12,19H,10H2,1-2H3. The fourth-order valence-electron chi connectivity index (χ4n) is 2.02. The van der Waals surface area contributed by atoms with E-state index in [-0.39, 0.29) is 11.9 Å². The first-order chi connectivity index (χ1) is 9.08. The van der Waals surface area contributed by atoms with E-state index in [9.17, 15) is 4.39 Å². The minimum Gasteiger partial charge on any atom is -0.306 e. The van der Waals surface area contributed by atoms with E-state index in [0.29, 0.717) is 5.56 Å². The van der Waals surface area contributed by atoms with E-state index in [1.807, 2.05) is 30.3 Å². The molecule has 0 heterocycles. The molecule has 0 spiro atoms. The van der Waals surface area contributed by atoms with E-state index in [2.05, 4.69) is 34.2 Å². The van der Waals surface area contributed by atoms with Gasteiger partial charge >= 0.3 is 0 Å². The first-order valence-electron chi connectivity index (χ1n) is 6.31. The highest BCUT2D eigenvalue weighted by atomic mass is 79.9. The van der Waals surface area contributed by atoms with Gasteiger partial charge in [-0.05, 0) is 42.7 Å². The van der Waals surface area contributed by atoms with Crippen LogP contribution in [0.25, 0.3) is 0 Å². The normalized spacial score (nSPS) is 12.4. The van der Waals surface area contributed by atoms with Crippen molar-refractivity contribution in [3.63, 3.8) is 0 Å². The fourth-order valence-corrected chi connectivity index (χ4v) is 2.65. The lowest BCUT2D eigenvalue weighted by Crippen LogP contribution is -2.18. The maximum Gasteiger partial charge on any atom is 0.126 e. The summed E-state index contributed by atoms with van der Waals surface area (Å²) in [7, 11) is 0. The maximum absolute atomic E-state index is 13.2. The second-order valence-electron chi connectivity index (χ2n) is 4.71. The van der Waals surface area contributed by atoms with Gasteiger partial charge in [-0.25, -0.2) is 4.39 Å². The van der Waals surface area contributed by atoms with Crippen LogP contribution in [0.3, 0.4) is 0 Å². The molecular formula is C16H17BrFN. The summed E-state index contributed by atoms with van der Waals surface area (Å²) < 4.78 is 14.3. The third-order valence-corrected chi connectivity index (χ3v) is 3.93. The number of benzene rings is 2. The van der Waals surface area contributed by atoms with Crippen LogP contribution >= 0.6 is 15.9 Å². The van der Waals surface area contributed by atoms with Crippen LogP contribution in [-0.2, 0) is 6.54 Å². The van der Waals surface area contributed by atoms with Gasteiger partial charge in [-0.15, -0.1) is 0 Å². The topological polar surface area (TPSA) is 12.0 Å². The Morgan fingerprint density at radius 3 is 2.63 bits per heavy atom. The van der Waals surface area contributed by atoms with Crippen LogP contribution in [0, 0.1) is 12.7 Å². The summed E-state index contributed by atoms with van der Waals surface area (Å²) in [6, 6.07) is 13.6. The van der Waals surface area contributed by atoms with Crippen LogP contribution in [0.4, 0.5) is 4.39 Å². The van der Waals surface area contributed by atoms with Gasteiger partial charge in [-0.1, -0.05) is 46.3 Å². The summed E-state index contributed by atoms with van der Waals surface area (Å²) in [5.74, 6) is -0.150. The summed E-state index contributed by atoms with van der Waals surface area (Å²) in [5, 5.41) is 3.45. The van der Waals surface area contributed by atoms with Gasteiger partial charge in [0.2, 0.25) is 0 Å². The SMILES string of the molecule is Cc1cc(CNC(C)c2ccccc2Br)ccc1F. The van der Waals surface area contributed by atoms with Crippen molar-refractivity contribution in [1.29, 1.82) is 0 Å². The Morgan fingerprint density at radius 1 is 1.21 bits per heavy atom. The molecule has 100 valence electrons. The Hall–Kier alpha value is -1.19. The first-order valence-corrected chi connectivity index (χ1v) is 7.10. The second-order valence-corrected chi connectivity index (χ2v) is 5.56. The molecule has 1 nitrogen and oxygen atoms in total. The zero-order valence-electron chi connectivity index (χ0n) is 11.1. The molecule has 2 aromatic rings. The van der Waals surface area contributed by atoms with Crippen molar-refractivity contribution >= 4 is 15.9 Å². The molecule has 0 saturated heterocycles. The third kappa shape index (κ3) is 3.64. The molecule has 3 heteroatoms. The largest absolute Gasteiger partial charge is 0.306 e. The Kier molecular flexibility index (Phi) is 4.72. The van der Waals surface area contributed by atoms with Gasteiger partial charge in [0, 0.05) is 17.1 Å². The maximum atomic E-state index is 13.2. The molecule has 0 saturated carbocycles. The molecule has 19 heavy (non-hydrogen) atoms. The summed E-state index contributed by atoms with van der Waals surface area (Å²) in [4.78, 5) is 0. The fraction of sp³-hybridized carbons (Fsp3) is 0.250. The van der Waals surface area contributed by atoms with E-state index in [1.165, 1.54) is 11.6 Å². The van der Waals surface area contributed by atoms with Crippen molar-refractivity contribution in [1.82, 2.24) is 5.32 Å². The lowest BCUT2D eigenvalue weighted by atomic mass is 10.1. The first kappa shape index (κ1) is 14.2. The zero-order valence-corrected chi connectivity index (χ0v) is 12.7. The average Bonchev–Trinajstić information content (AvgIpc) is 2.40. The minimum atomic E-state index is -0.150. The Bertz CT molecular complexity index is 568. The molecule has 1 atom stereocenters. The second kappa shape index (κ2) is 6.31. The summed E-state index contributed by atoms with van der Waals surface area (Å²) in [5.41, 5.74) is 3.01. The number of nitrogens with one attached hydrogen (secondary N) is 1. The minimum absolute atomic E-state index is 0.150. The number of aryl methyl sites for hydroxylation is 1. The summed E-state index contributed by atoms with van der Waals surface area (Å²) >= 11 is 3.55. The quantitative estimate of drug-likeness (QED) is 0.857. The van der Waals surface area contributed by atoms with Gasteiger partial charge in [-0.3, -0.25) is 0 Å². The number of halogens is 2. The van der Waals surface area contributed by atoms with Crippen LogP contribution in [-0.4, -0.2) is 0 Å².